The van der Waals surface area contributed by atoms with Crippen LogP contribution in [0.1, 0.15) is 16.8 Å². The van der Waals surface area contributed by atoms with Gasteiger partial charge >= 0.3 is 0 Å². The van der Waals surface area contributed by atoms with Crippen LogP contribution in [0, 0.1) is 0 Å². The fourth-order valence-electron chi connectivity index (χ4n) is 1.75. The van der Waals surface area contributed by atoms with Gasteiger partial charge in [-0.3, -0.25) is 4.79 Å². The molecule has 1 aromatic rings. The molecular weight excluding hydrogens is 366 g/mol. The Morgan fingerprint density at radius 1 is 1.50 bits per heavy atom. The summed E-state index contributed by atoms with van der Waals surface area (Å²) in [5, 5.41) is 12.8. The summed E-state index contributed by atoms with van der Waals surface area (Å²) in [6.45, 7) is 1.01. The summed E-state index contributed by atoms with van der Waals surface area (Å²) >= 11 is 6.67. The summed E-state index contributed by atoms with van der Waals surface area (Å²) in [4.78, 5) is 12.0. The normalized spacial score (nSPS) is 23.1. The van der Waals surface area contributed by atoms with E-state index in [1.807, 2.05) is 6.07 Å². The van der Waals surface area contributed by atoms with Crippen LogP contribution in [0.4, 0.5) is 0 Å². The molecule has 0 aromatic heterocycles. The van der Waals surface area contributed by atoms with Crippen LogP contribution in [0.3, 0.4) is 0 Å². The van der Waals surface area contributed by atoms with Crippen molar-refractivity contribution in [2.75, 3.05) is 19.8 Å². The highest BCUT2D eigenvalue weighted by Crippen LogP contribution is 2.22. The fraction of sp³-hybridized carbons (Fsp3) is 0.417. The highest BCUT2D eigenvalue weighted by Gasteiger charge is 2.32. The molecule has 98 valence electrons. The number of amides is 1. The van der Waals surface area contributed by atoms with Crippen molar-refractivity contribution in [3.8, 4) is 0 Å². The summed E-state index contributed by atoms with van der Waals surface area (Å²) in [5.41, 5.74) is -0.391. The third kappa shape index (κ3) is 3.32. The first-order valence-corrected chi connectivity index (χ1v) is 7.12. The van der Waals surface area contributed by atoms with Crippen molar-refractivity contribution in [2.24, 2.45) is 0 Å². The Bertz CT molecular complexity index is 459. The summed E-state index contributed by atoms with van der Waals surface area (Å²) in [6.07, 6.45) is 0.550. The highest BCUT2D eigenvalue weighted by atomic mass is 79.9. The second-order valence-electron chi connectivity index (χ2n) is 4.33. The number of ether oxygens (including phenoxy) is 1. The van der Waals surface area contributed by atoms with E-state index in [1.54, 1.807) is 12.1 Å². The third-order valence-corrected chi connectivity index (χ3v) is 3.99. The Hall–Kier alpha value is -0.430. The van der Waals surface area contributed by atoms with E-state index in [0.717, 1.165) is 4.47 Å². The summed E-state index contributed by atoms with van der Waals surface area (Å²) < 4.78 is 6.73. The number of hydrogen-bond donors (Lipinski definition) is 2. The molecule has 1 aliphatic rings. The Morgan fingerprint density at radius 2 is 2.28 bits per heavy atom. The van der Waals surface area contributed by atoms with Crippen LogP contribution < -0.4 is 5.32 Å². The van der Waals surface area contributed by atoms with Crippen LogP contribution in [0.25, 0.3) is 0 Å². The number of carbonyl (C=O) groups excluding carboxylic acids is 1. The van der Waals surface area contributed by atoms with Crippen LogP contribution in [0.15, 0.2) is 27.1 Å². The molecule has 1 aliphatic heterocycles. The standard InChI is InChI=1S/C12H13Br2NO3/c13-8-1-2-9(10(14)5-8)11(16)15-6-12(17)3-4-18-7-12/h1-2,5,17H,3-4,6-7H2,(H,15,16). The Balaban J connectivity index is 1.99. The van der Waals surface area contributed by atoms with Crippen molar-refractivity contribution in [1.29, 1.82) is 0 Å². The van der Waals surface area contributed by atoms with Crippen LogP contribution in [-0.4, -0.2) is 36.4 Å². The van der Waals surface area contributed by atoms with Gasteiger partial charge in [-0.1, -0.05) is 15.9 Å². The number of rotatable bonds is 3. The molecule has 1 unspecified atom stereocenters. The smallest absolute Gasteiger partial charge is 0.252 e. The number of hydrogen-bond acceptors (Lipinski definition) is 3. The Morgan fingerprint density at radius 3 is 2.89 bits per heavy atom. The molecule has 0 aliphatic carbocycles. The van der Waals surface area contributed by atoms with Gasteiger partial charge in [0.2, 0.25) is 0 Å². The van der Waals surface area contributed by atoms with Gasteiger partial charge in [0.1, 0.15) is 5.60 Å². The monoisotopic (exact) mass is 377 g/mol. The lowest BCUT2D eigenvalue weighted by molar-refractivity contribution is 0.0264. The minimum absolute atomic E-state index is 0.203. The highest BCUT2D eigenvalue weighted by molar-refractivity contribution is 9.11. The van der Waals surface area contributed by atoms with Gasteiger partial charge in [0, 0.05) is 28.5 Å². The van der Waals surface area contributed by atoms with Gasteiger partial charge in [0.05, 0.1) is 12.2 Å². The van der Waals surface area contributed by atoms with Crippen LogP contribution in [0.2, 0.25) is 0 Å². The number of aliphatic hydroxyl groups is 1. The van der Waals surface area contributed by atoms with Gasteiger partial charge in [-0.15, -0.1) is 0 Å². The van der Waals surface area contributed by atoms with E-state index < -0.39 is 5.60 Å². The zero-order valence-electron chi connectivity index (χ0n) is 9.58. The van der Waals surface area contributed by atoms with E-state index >= 15 is 0 Å². The lowest BCUT2D eigenvalue weighted by Gasteiger charge is -2.20. The number of benzene rings is 1. The SMILES string of the molecule is O=C(NCC1(O)CCOC1)c1ccc(Br)cc1Br. The second kappa shape index (κ2) is 5.69. The average Bonchev–Trinajstić information content (AvgIpc) is 2.74. The predicted octanol–water partition coefficient (Wildman–Crippen LogP) is 2.09. The van der Waals surface area contributed by atoms with Gasteiger partial charge in [-0.2, -0.15) is 0 Å². The zero-order chi connectivity index (χ0) is 13.2. The lowest BCUT2D eigenvalue weighted by atomic mass is 10.0. The molecule has 18 heavy (non-hydrogen) atoms. The minimum Gasteiger partial charge on any atom is -0.386 e. The van der Waals surface area contributed by atoms with Gasteiger partial charge < -0.3 is 15.2 Å². The van der Waals surface area contributed by atoms with Crippen molar-refractivity contribution < 1.29 is 14.6 Å². The second-order valence-corrected chi connectivity index (χ2v) is 6.10. The summed E-state index contributed by atoms with van der Waals surface area (Å²) in [7, 11) is 0. The van der Waals surface area contributed by atoms with E-state index in [0.29, 0.717) is 23.1 Å². The molecule has 0 radical (unpaired) electrons. The minimum atomic E-state index is -0.933. The third-order valence-electron chi connectivity index (χ3n) is 2.84. The molecule has 2 rings (SSSR count). The largest absolute Gasteiger partial charge is 0.386 e. The molecule has 0 spiro atoms. The molecule has 6 heteroatoms. The molecule has 2 N–H and O–H groups in total. The molecule has 1 fully saturated rings. The number of carbonyl (C=O) groups is 1. The molecule has 1 atom stereocenters. The van der Waals surface area contributed by atoms with Crippen molar-refractivity contribution in [3.05, 3.63) is 32.7 Å². The van der Waals surface area contributed by atoms with Crippen molar-refractivity contribution in [2.45, 2.75) is 12.0 Å². The van der Waals surface area contributed by atoms with Gasteiger partial charge in [0.25, 0.3) is 5.91 Å². The molecule has 0 saturated carbocycles. The quantitative estimate of drug-likeness (QED) is 0.846. The van der Waals surface area contributed by atoms with E-state index in [9.17, 15) is 9.90 Å². The zero-order valence-corrected chi connectivity index (χ0v) is 12.8. The first-order valence-electron chi connectivity index (χ1n) is 5.54. The molecule has 4 nitrogen and oxygen atoms in total. The Kier molecular flexibility index (Phi) is 4.42. The van der Waals surface area contributed by atoms with E-state index in [2.05, 4.69) is 37.2 Å². The number of halogens is 2. The first-order chi connectivity index (χ1) is 8.50. The van der Waals surface area contributed by atoms with Crippen molar-refractivity contribution in [1.82, 2.24) is 5.32 Å². The van der Waals surface area contributed by atoms with E-state index in [1.165, 1.54) is 0 Å². The van der Waals surface area contributed by atoms with E-state index in [4.69, 9.17) is 4.74 Å². The lowest BCUT2D eigenvalue weighted by Crippen LogP contribution is -2.43. The maximum Gasteiger partial charge on any atom is 0.252 e. The van der Waals surface area contributed by atoms with Crippen LogP contribution in [0.5, 0.6) is 0 Å². The average molecular weight is 379 g/mol. The first kappa shape index (κ1) is 14.0. The predicted molar refractivity (Wildman–Crippen MR) is 74.6 cm³/mol. The maximum atomic E-state index is 12.0. The molecule has 1 aromatic carbocycles. The topological polar surface area (TPSA) is 58.6 Å². The molecular formula is C12H13Br2NO3. The summed E-state index contributed by atoms with van der Waals surface area (Å²) in [6, 6.07) is 5.33. The summed E-state index contributed by atoms with van der Waals surface area (Å²) in [5.74, 6) is -0.213. The van der Waals surface area contributed by atoms with Crippen LogP contribution in [-0.2, 0) is 4.74 Å². The molecule has 1 saturated heterocycles. The fourth-order valence-corrected chi connectivity index (χ4v) is 2.98. The van der Waals surface area contributed by atoms with Crippen LogP contribution >= 0.6 is 31.9 Å². The van der Waals surface area contributed by atoms with Crippen molar-refractivity contribution >= 4 is 37.8 Å². The van der Waals surface area contributed by atoms with E-state index in [-0.39, 0.29) is 19.1 Å². The van der Waals surface area contributed by atoms with Gasteiger partial charge in [-0.25, -0.2) is 0 Å². The maximum absolute atomic E-state index is 12.0. The molecule has 1 heterocycles. The van der Waals surface area contributed by atoms with Crippen molar-refractivity contribution in [3.63, 3.8) is 0 Å². The Labute approximate surface area is 122 Å². The molecule has 0 bridgehead atoms. The van der Waals surface area contributed by atoms with Gasteiger partial charge in [-0.05, 0) is 34.1 Å². The van der Waals surface area contributed by atoms with Gasteiger partial charge in [0.15, 0.2) is 0 Å². The molecule has 1 amide bonds. The number of nitrogens with one attached hydrogen (secondary N) is 1.